The Morgan fingerprint density at radius 3 is 2.76 bits per heavy atom. The zero-order valence-corrected chi connectivity index (χ0v) is 11.5. The third-order valence-electron chi connectivity index (χ3n) is 2.24. The highest BCUT2D eigenvalue weighted by molar-refractivity contribution is 7.99. The number of hydrogen-bond acceptors (Lipinski definition) is 4. The first-order chi connectivity index (χ1) is 7.97. The SMILES string of the molecule is CPCn1c(O)cc(SCC(C)C(=O)O)c1O. The van der Waals surface area contributed by atoms with Gasteiger partial charge in [-0.15, -0.1) is 20.3 Å². The third-order valence-corrected chi connectivity index (χ3v) is 4.15. The minimum absolute atomic E-state index is 0.0134. The number of carbonyl (C=O) groups is 1. The topological polar surface area (TPSA) is 82.7 Å². The summed E-state index contributed by atoms with van der Waals surface area (Å²) < 4.78 is 1.42. The number of nitrogens with zero attached hydrogens (tertiary/aromatic N) is 1. The van der Waals surface area contributed by atoms with Crippen molar-refractivity contribution in [2.24, 2.45) is 5.92 Å². The molecule has 3 N–H and O–H groups in total. The lowest BCUT2D eigenvalue weighted by Gasteiger charge is -2.06. The molecule has 96 valence electrons. The van der Waals surface area contributed by atoms with Crippen LogP contribution >= 0.6 is 20.3 Å². The summed E-state index contributed by atoms with van der Waals surface area (Å²) in [6.45, 7) is 3.58. The number of rotatable bonds is 6. The molecule has 0 saturated carbocycles. The van der Waals surface area contributed by atoms with E-state index in [0.29, 0.717) is 25.5 Å². The van der Waals surface area contributed by atoms with Crippen LogP contribution < -0.4 is 0 Å². The van der Waals surface area contributed by atoms with Crippen LogP contribution in [0.4, 0.5) is 0 Å². The van der Waals surface area contributed by atoms with Crippen LogP contribution in [0.1, 0.15) is 6.92 Å². The lowest BCUT2D eigenvalue weighted by Crippen LogP contribution is -2.11. The molecule has 0 spiro atoms. The van der Waals surface area contributed by atoms with Crippen LogP contribution in [0.5, 0.6) is 11.8 Å². The highest BCUT2D eigenvalue weighted by Gasteiger charge is 2.17. The molecule has 1 aromatic rings. The molecule has 1 aromatic heterocycles. The van der Waals surface area contributed by atoms with E-state index in [1.807, 2.05) is 6.66 Å². The fourth-order valence-electron chi connectivity index (χ4n) is 1.21. The number of carboxylic acids is 1. The van der Waals surface area contributed by atoms with E-state index in [2.05, 4.69) is 0 Å². The number of aliphatic carboxylic acids is 1. The van der Waals surface area contributed by atoms with Crippen molar-refractivity contribution in [2.45, 2.75) is 18.1 Å². The summed E-state index contributed by atoms with van der Waals surface area (Å²) in [5, 5.41) is 28.2. The highest BCUT2D eigenvalue weighted by Crippen LogP contribution is 2.37. The van der Waals surface area contributed by atoms with Crippen molar-refractivity contribution in [3.8, 4) is 11.8 Å². The second-order valence-corrected chi connectivity index (χ2v) is 5.77. The van der Waals surface area contributed by atoms with Crippen LogP contribution in [0, 0.1) is 5.92 Å². The maximum Gasteiger partial charge on any atom is 0.307 e. The molecule has 2 unspecified atom stereocenters. The van der Waals surface area contributed by atoms with Crippen molar-refractivity contribution in [3.63, 3.8) is 0 Å². The van der Waals surface area contributed by atoms with E-state index in [-0.39, 0.29) is 11.8 Å². The summed E-state index contributed by atoms with van der Waals surface area (Å²) in [6, 6.07) is 1.47. The van der Waals surface area contributed by atoms with Gasteiger partial charge in [-0.3, -0.25) is 9.36 Å². The number of aromatic hydroxyl groups is 2. The average molecular weight is 277 g/mol. The van der Waals surface area contributed by atoms with Gasteiger partial charge in [0.1, 0.15) is 0 Å². The Bertz CT molecular complexity index is 407. The monoisotopic (exact) mass is 277 g/mol. The van der Waals surface area contributed by atoms with Crippen molar-refractivity contribution >= 4 is 26.3 Å². The number of thioether (sulfide) groups is 1. The molecule has 0 amide bonds. The van der Waals surface area contributed by atoms with E-state index >= 15 is 0 Å². The molecule has 0 fully saturated rings. The molecular weight excluding hydrogens is 261 g/mol. The van der Waals surface area contributed by atoms with Crippen molar-refractivity contribution in [2.75, 3.05) is 12.4 Å². The average Bonchev–Trinajstić information content (AvgIpc) is 2.53. The summed E-state index contributed by atoms with van der Waals surface area (Å²) >= 11 is 1.24. The van der Waals surface area contributed by atoms with Gasteiger partial charge in [0.25, 0.3) is 0 Å². The number of aromatic nitrogens is 1. The summed E-state index contributed by atoms with van der Waals surface area (Å²) in [6.07, 6.45) is 0.562. The zero-order chi connectivity index (χ0) is 13.0. The molecule has 0 radical (unpaired) electrons. The Labute approximate surface area is 106 Å². The lowest BCUT2D eigenvalue weighted by atomic mass is 10.2. The van der Waals surface area contributed by atoms with E-state index in [1.54, 1.807) is 6.92 Å². The fraction of sp³-hybridized carbons (Fsp3) is 0.500. The van der Waals surface area contributed by atoms with Gasteiger partial charge in [-0.1, -0.05) is 6.92 Å². The Balaban J connectivity index is 2.72. The first kappa shape index (κ1) is 14.2. The van der Waals surface area contributed by atoms with E-state index in [4.69, 9.17) is 5.11 Å². The second-order valence-electron chi connectivity index (χ2n) is 3.68. The number of hydrogen-bond donors (Lipinski definition) is 3. The molecule has 0 saturated heterocycles. The van der Waals surface area contributed by atoms with Gasteiger partial charge in [0.05, 0.1) is 10.8 Å². The summed E-state index contributed by atoms with van der Waals surface area (Å²) in [5.41, 5.74) is 0. The van der Waals surface area contributed by atoms with Crippen LogP contribution in [0.2, 0.25) is 0 Å². The van der Waals surface area contributed by atoms with Crippen LogP contribution in [0.3, 0.4) is 0 Å². The van der Waals surface area contributed by atoms with E-state index in [1.165, 1.54) is 22.4 Å². The van der Waals surface area contributed by atoms with Crippen LogP contribution in [-0.2, 0) is 11.1 Å². The summed E-state index contributed by atoms with van der Waals surface area (Å²) in [5.74, 6) is -0.962. The Kier molecular flexibility index (Phi) is 5.15. The van der Waals surface area contributed by atoms with Crippen LogP contribution in [-0.4, -0.2) is 38.3 Å². The van der Waals surface area contributed by atoms with Gasteiger partial charge in [0, 0.05) is 18.1 Å². The van der Waals surface area contributed by atoms with Gasteiger partial charge in [0.15, 0.2) is 5.88 Å². The smallest absolute Gasteiger partial charge is 0.307 e. The van der Waals surface area contributed by atoms with Gasteiger partial charge in [-0.25, -0.2) is 0 Å². The molecule has 0 aliphatic rings. The van der Waals surface area contributed by atoms with E-state index in [0.717, 1.165) is 0 Å². The standard InChI is InChI=1S/C10H16NO4PS/c1-6(10(14)15)4-17-7-3-8(12)11(5-16-2)9(7)13/h3,6,12-13,16H,4-5H2,1-2H3,(H,14,15). The van der Waals surface area contributed by atoms with Gasteiger partial charge in [-0.05, 0) is 6.66 Å². The first-order valence-electron chi connectivity index (χ1n) is 5.09. The Morgan fingerprint density at radius 1 is 1.59 bits per heavy atom. The molecule has 0 aromatic carbocycles. The van der Waals surface area contributed by atoms with Crippen molar-refractivity contribution in [3.05, 3.63) is 6.07 Å². The zero-order valence-electron chi connectivity index (χ0n) is 9.67. The lowest BCUT2D eigenvalue weighted by molar-refractivity contribution is -0.140. The highest BCUT2D eigenvalue weighted by atomic mass is 32.2. The van der Waals surface area contributed by atoms with Gasteiger partial charge >= 0.3 is 5.97 Å². The fourth-order valence-corrected chi connectivity index (χ4v) is 2.84. The molecular formula is C10H16NO4PS. The largest absolute Gasteiger partial charge is 0.494 e. The predicted molar refractivity (Wildman–Crippen MR) is 69.5 cm³/mol. The molecule has 0 aliphatic carbocycles. The quantitative estimate of drug-likeness (QED) is 0.547. The Morgan fingerprint density at radius 2 is 2.24 bits per heavy atom. The molecule has 1 rings (SSSR count). The van der Waals surface area contributed by atoms with Gasteiger partial charge < -0.3 is 15.3 Å². The Hall–Kier alpha value is -0.870. The summed E-state index contributed by atoms with van der Waals surface area (Å²) in [4.78, 5) is 11.2. The maximum atomic E-state index is 10.7. The molecule has 0 aliphatic heterocycles. The number of carboxylic acid groups (broad SMARTS) is 1. The normalized spacial score (nSPS) is 13.3. The maximum absolute atomic E-state index is 10.7. The minimum Gasteiger partial charge on any atom is -0.494 e. The van der Waals surface area contributed by atoms with Gasteiger partial charge in [0.2, 0.25) is 5.88 Å². The molecule has 5 nitrogen and oxygen atoms in total. The van der Waals surface area contributed by atoms with Crippen molar-refractivity contribution in [1.82, 2.24) is 4.57 Å². The van der Waals surface area contributed by atoms with Crippen LogP contribution in [0.25, 0.3) is 0 Å². The molecule has 0 bridgehead atoms. The first-order valence-corrected chi connectivity index (χ1v) is 7.78. The van der Waals surface area contributed by atoms with Gasteiger partial charge in [-0.2, -0.15) is 0 Å². The third kappa shape index (κ3) is 3.54. The van der Waals surface area contributed by atoms with E-state index < -0.39 is 11.9 Å². The summed E-state index contributed by atoms with van der Waals surface area (Å²) in [7, 11) is 0.574. The second kappa shape index (κ2) is 6.17. The van der Waals surface area contributed by atoms with Crippen molar-refractivity contribution < 1.29 is 20.1 Å². The molecule has 2 atom stereocenters. The van der Waals surface area contributed by atoms with Crippen LogP contribution in [0.15, 0.2) is 11.0 Å². The minimum atomic E-state index is -0.865. The molecule has 7 heteroatoms. The predicted octanol–water partition coefficient (Wildman–Crippen LogP) is 1.98. The van der Waals surface area contributed by atoms with Crippen molar-refractivity contribution in [1.29, 1.82) is 0 Å². The molecule has 17 heavy (non-hydrogen) atoms. The molecule has 1 heterocycles. The van der Waals surface area contributed by atoms with E-state index in [9.17, 15) is 15.0 Å².